The van der Waals surface area contributed by atoms with Crippen LogP contribution in [-0.2, 0) is 25.6 Å². The summed E-state index contributed by atoms with van der Waals surface area (Å²) in [5, 5.41) is 4.29. The van der Waals surface area contributed by atoms with Gasteiger partial charge in [0.2, 0.25) is 0 Å². The van der Waals surface area contributed by atoms with Crippen molar-refractivity contribution in [1.82, 2.24) is 10.4 Å². The van der Waals surface area contributed by atoms with E-state index in [1.54, 1.807) is 57.2 Å². The van der Waals surface area contributed by atoms with E-state index in [4.69, 9.17) is 25.9 Å². The summed E-state index contributed by atoms with van der Waals surface area (Å²) in [6.07, 6.45) is -0.285. The maximum atomic E-state index is 12.3. The highest BCUT2D eigenvalue weighted by Crippen LogP contribution is 2.23. The van der Waals surface area contributed by atoms with Crippen molar-refractivity contribution in [2.45, 2.75) is 52.7 Å². The molecule has 33 heavy (non-hydrogen) atoms. The van der Waals surface area contributed by atoms with Gasteiger partial charge in [0.1, 0.15) is 17.1 Å². The van der Waals surface area contributed by atoms with Crippen molar-refractivity contribution in [1.29, 1.82) is 0 Å². The van der Waals surface area contributed by atoms with Gasteiger partial charge in [-0.1, -0.05) is 23.7 Å². The quantitative estimate of drug-likeness (QED) is 0.571. The van der Waals surface area contributed by atoms with Gasteiger partial charge in [-0.25, -0.2) is 4.79 Å². The fourth-order valence-electron chi connectivity index (χ4n) is 2.84. The highest BCUT2D eigenvalue weighted by atomic mass is 35.5. The molecule has 0 aliphatic heterocycles. The van der Waals surface area contributed by atoms with Crippen LogP contribution >= 0.6 is 11.6 Å². The van der Waals surface area contributed by atoms with E-state index in [-0.39, 0.29) is 6.54 Å². The van der Waals surface area contributed by atoms with Crippen LogP contribution in [0.2, 0.25) is 5.02 Å². The van der Waals surface area contributed by atoms with Gasteiger partial charge < -0.3 is 19.6 Å². The third-order valence-corrected chi connectivity index (χ3v) is 4.40. The molecule has 0 spiro atoms. The van der Waals surface area contributed by atoms with Crippen molar-refractivity contribution in [3.8, 4) is 11.5 Å². The molecule has 9 heteroatoms. The van der Waals surface area contributed by atoms with Crippen LogP contribution < -0.4 is 10.1 Å². The zero-order valence-corrected chi connectivity index (χ0v) is 20.1. The summed E-state index contributed by atoms with van der Waals surface area (Å²) in [4.78, 5) is 40.6. The van der Waals surface area contributed by atoms with Crippen LogP contribution in [-0.4, -0.2) is 41.2 Å². The lowest BCUT2D eigenvalue weighted by molar-refractivity contribution is -0.196. The minimum absolute atomic E-state index is 0.0445. The fourth-order valence-corrected chi connectivity index (χ4v) is 2.96. The molecule has 0 saturated heterocycles. The number of hydrogen-bond donors (Lipinski definition) is 1. The third-order valence-electron chi connectivity index (χ3n) is 4.15. The van der Waals surface area contributed by atoms with Crippen LogP contribution in [0.1, 0.15) is 40.2 Å². The summed E-state index contributed by atoms with van der Waals surface area (Å²) in [7, 11) is 0. The van der Waals surface area contributed by atoms with Gasteiger partial charge in [-0.05, 0) is 69.2 Å². The van der Waals surface area contributed by atoms with Gasteiger partial charge in [0, 0.05) is 18.9 Å². The van der Waals surface area contributed by atoms with Crippen molar-refractivity contribution in [3.63, 3.8) is 0 Å². The van der Waals surface area contributed by atoms with Gasteiger partial charge in [0.15, 0.2) is 0 Å². The smallest absolute Gasteiger partial charge is 0.407 e. The van der Waals surface area contributed by atoms with Crippen LogP contribution in [0.4, 0.5) is 4.79 Å². The van der Waals surface area contributed by atoms with E-state index in [0.717, 1.165) is 10.6 Å². The first-order valence-corrected chi connectivity index (χ1v) is 10.8. The first kappa shape index (κ1) is 26.0. The highest BCUT2D eigenvalue weighted by molar-refractivity contribution is 6.30. The Morgan fingerprint density at radius 2 is 1.52 bits per heavy atom. The van der Waals surface area contributed by atoms with Crippen LogP contribution in [0, 0.1) is 0 Å². The Morgan fingerprint density at radius 1 is 0.970 bits per heavy atom. The average molecular weight is 477 g/mol. The summed E-state index contributed by atoms with van der Waals surface area (Å²) in [5.41, 5.74) is 0.177. The van der Waals surface area contributed by atoms with Crippen LogP contribution in [0.5, 0.6) is 11.5 Å². The van der Waals surface area contributed by atoms with Crippen molar-refractivity contribution >= 4 is 29.6 Å². The largest absolute Gasteiger partial charge is 0.457 e. The minimum Gasteiger partial charge on any atom is -0.457 e. The van der Waals surface area contributed by atoms with E-state index in [0.29, 0.717) is 22.9 Å². The SMILES string of the molecule is CC(=O)ON(C[C@H](Cc1ccc(Oc2ccc(Cl)cc2)cc1)NC(=O)OC(C)(C)C)C(C)=O. The number of carbonyl (C=O) groups is 3. The van der Waals surface area contributed by atoms with Gasteiger partial charge >= 0.3 is 12.1 Å². The van der Waals surface area contributed by atoms with Gasteiger partial charge in [0.25, 0.3) is 5.91 Å². The maximum absolute atomic E-state index is 12.3. The molecule has 8 nitrogen and oxygen atoms in total. The molecule has 2 aromatic rings. The van der Waals surface area contributed by atoms with Gasteiger partial charge in [-0.2, -0.15) is 5.06 Å². The van der Waals surface area contributed by atoms with E-state index < -0.39 is 29.6 Å². The molecular weight excluding hydrogens is 448 g/mol. The highest BCUT2D eigenvalue weighted by Gasteiger charge is 2.24. The number of rotatable bonds is 7. The maximum Gasteiger partial charge on any atom is 0.407 e. The third kappa shape index (κ3) is 9.82. The first-order chi connectivity index (χ1) is 15.4. The number of ether oxygens (including phenoxy) is 2. The fraction of sp³-hybridized carbons (Fsp3) is 0.375. The molecule has 0 saturated carbocycles. The molecule has 0 radical (unpaired) electrons. The topological polar surface area (TPSA) is 94.2 Å². The molecule has 0 unspecified atom stereocenters. The molecule has 0 fully saturated rings. The zero-order chi connectivity index (χ0) is 24.6. The molecule has 2 aromatic carbocycles. The molecule has 0 aromatic heterocycles. The Kier molecular flexibility index (Phi) is 9.11. The average Bonchev–Trinajstić information content (AvgIpc) is 2.68. The van der Waals surface area contributed by atoms with Crippen molar-refractivity contribution < 1.29 is 28.7 Å². The lowest BCUT2D eigenvalue weighted by atomic mass is 10.1. The second-order valence-electron chi connectivity index (χ2n) is 8.41. The van der Waals surface area contributed by atoms with E-state index in [2.05, 4.69) is 5.32 Å². The second-order valence-corrected chi connectivity index (χ2v) is 8.85. The molecule has 0 aliphatic carbocycles. The number of alkyl carbamates (subject to hydrolysis) is 1. The van der Waals surface area contributed by atoms with Crippen LogP contribution in [0.15, 0.2) is 48.5 Å². The molecule has 0 heterocycles. The standard InChI is InChI=1S/C24H29ClN2O6/c1-16(28)27(33-17(2)29)15-20(26-23(30)32-24(3,4)5)14-18-6-10-21(11-7-18)31-22-12-8-19(25)9-13-22/h6-13,20H,14-15H2,1-5H3,(H,26,30)/t20-/m0/s1. The predicted octanol–water partition coefficient (Wildman–Crippen LogP) is 4.89. The molecule has 1 atom stereocenters. The normalized spacial score (nSPS) is 11.8. The number of amides is 2. The number of hydrogen-bond acceptors (Lipinski definition) is 6. The summed E-state index contributed by atoms with van der Waals surface area (Å²) >= 11 is 5.89. The monoisotopic (exact) mass is 476 g/mol. The lowest BCUT2D eigenvalue weighted by Gasteiger charge is -2.27. The van der Waals surface area contributed by atoms with Crippen molar-refractivity contribution in [2.75, 3.05) is 6.54 Å². The molecule has 2 rings (SSSR count). The number of halogens is 1. The molecule has 1 N–H and O–H groups in total. The van der Waals surface area contributed by atoms with Crippen LogP contribution in [0.25, 0.3) is 0 Å². The Morgan fingerprint density at radius 3 is 2.00 bits per heavy atom. The molecule has 0 aliphatic rings. The summed E-state index contributed by atoms with van der Waals surface area (Å²) < 4.78 is 11.1. The zero-order valence-electron chi connectivity index (χ0n) is 19.4. The Balaban J connectivity index is 2.12. The van der Waals surface area contributed by atoms with Crippen LogP contribution in [0.3, 0.4) is 0 Å². The van der Waals surface area contributed by atoms with Gasteiger partial charge in [-0.15, -0.1) is 0 Å². The minimum atomic E-state index is -0.689. The second kappa shape index (κ2) is 11.6. The Hall–Kier alpha value is -3.26. The summed E-state index contributed by atoms with van der Waals surface area (Å²) in [6.45, 7) is 7.68. The van der Waals surface area contributed by atoms with Crippen molar-refractivity contribution in [3.05, 3.63) is 59.1 Å². The van der Waals surface area contributed by atoms with E-state index in [9.17, 15) is 14.4 Å². The van der Waals surface area contributed by atoms with Crippen molar-refractivity contribution in [2.24, 2.45) is 0 Å². The number of benzene rings is 2. The van der Waals surface area contributed by atoms with Gasteiger partial charge in [0.05, 0.1) is 12.6 Å². The number of nitrogens with one attached hydrogen (secondary N) is 1. The molecule has 0 bridgehead atoms. The first-order valence-electron chi connectivity index (χ1n) is 10.4. The summed E-state index contributed by atoms with van der Waals surface area (Å²) in [5.74, 6) is 0.177. The number of hydroxylamine groups is 2. The molecule has 2 amide bonds. The number of carbonyl (C=O) groups excluding carboxylic acids is 3. The predicted molar refractivity (Wildman–Crippen MR) is 124 cm³/mol. The molecular formula is C24H29ClN2O6. The van der Waals surface area contributed by atoms with Gasteiger partial charge in [-0.3, -0.25) is 9.59 Å². The van der Waals surface area contributed by atoms with E-state index in [1.807, 2.05) is 12.1 Å². The Bertz CT molecular complexity index is 954. The van der Waals surface area contributed by atoms with E-state index in [1.165, 1.54) is 13.8 Å². The number of nitrogens with zero attached hydrogens (tertiary/aromatic N) is 1. The lowest BCUT2D eigenvalue weighted by Crippen LogP contribution is -2.48. The summed E-state index contributed by atoms with van der Waals surface area (Å²) in [6, 6.07) is 13.7. The molecule has 178 valence electrons. The van der Waals surface area contributed by atoms with E-state index >= 15 is 0 Å². The Labute approximate surface area is 198 Å².